The largest absolute Gasteiger partial charge is 0.0610 e. The summed E-state index contributed by atoms with van der Waals surface area (Å²) in [6.45, 7) is 6.41. The molecule has 6 aliphatic rings. The highest BCUT2D eigenvalue weighted by molar-refractivity contribution is 5.64. The van der Waals surface area contributed by atoms with Crippen molar-refractivity contribution in [3.8, 4) is 0 Å². The van der Waals surface area contributed by atoms with Gasteiger partial charge < -0.3 is 0 Å². The summed E-state index contributed by atoms with van der Waals surface area (Å²) in [7, 11) is 0. The van der Waals surface area contributed by atoms with E-state index in [1.54, 1.807) is 0 Å². The smallest absolute Gasteiger partial charge is 0.0155 e. The number of hydrogen-bond acceptors (Lipinski definition) is 0. The molecule has 0 spiro atoms. The van der Waals surface area contributed by atoms with E-state index in [-0.39, 0.29) is 0 Å². The first-order valence-electron chi connectivity index (χ1n) is 9.46. The normalized spacial score (nSPS) is 21.2. The molecule has 0 saturated heterocycles. The first-order valence-corrected chi connectivity index (χ1v) is 9.46. The second kappa shape index (κ2) is 7.25. The van der Waals surface area contributed by atoms with Crippen LogP contribution < -0.4 is 0 Å². The molecule has 132 valence electrons. The molecule has 0 atom stereocenters. The highest BCUT2D eigenvalue weighted by atomic mass is 14.2. The van der Waals surface area contributed by atoms with Crippen LogP contribution in [-0.4, -0.2) is 0 Å². The fraction of sp³-hybridized carbons (Fsp3) is 0.111. The minimum absolute atomic E-state index is 1.36. The summed E-state index contributed by atoms with van der Waals surface area (Å²) >= 11 is 0. The molecule has 0 radical (unpaired) electrons. The van der Waals surface area contributed by atoms with Crippen molar-refractivity contribution < 1.29 is 0 Å². The van der Waals surface area contributed by atoms with Crippen molar-refractivity contribution in [2.45, 2.75) is 20.8 Å². The van der Waals surface area contributed by atoms with Crippen molar-refractivity contribution in [2.75, 3.05) is 0 Å². The van der Waals surface area contributed by atoms with Gasteiger partial charge in [-0.05, 0) is 70.9 Å². The Kier molecular flexibility index (Phi) is 4.64. The molecule has 0 unspecified atom stereocenters. The van der Waals surface area contributed by atoms with Gasteiger partial charge in [0.2, 0.25) is 0 Å². The molecule has 0 heteroatoms. The number of fused-ring (bicyclic) bond motifs is 3. The van der Waals surface area contributed by atoms with Crippen LogP contribution in [0.5, 0.6) is 0 Å². The SMILES string of the molecule is CC1=C2C=CC=C2C=C1.CC1=CC2=CC=CC2=C1.CC1=CC=C2C=CC=C12. The lowest BCUT2D eigenvalue weighted by atomic mass is 10.1. The Morgan fingerprint density at radius 1 is 0.519 bits per heavy atom. The van der Waals surface area contributed by atoms with Crippen molar-refractivity contribution in [2.24, 2.45) is 0 Å². The lowest BCUT2D eigenvalue weighted by Gasteiger charge is -1.94. The van der Waals surface area contributed by atoms with Crippen molar-refractivity contribution in [1.29, 1.82) is 0 Å². The molecule has 0 aromatic heterocycles. The number of hydrogen-bond donors (Lipinski definition) is 0. The van der Waals surface area contributed by atoms with Gasteiger partial charge in [-0.1, -0.05) is 91.1 Å². The van der Waals surface area contributed by atoms with Crippen molar-refractivity contribution in [3.63, 3.8) is 0 Å². The van der Waals surface area contributed by atoms with E-state index in [2.05, 4.69) is 112 Å². The van der Waals surface area contributed by atoms with Crippen LogP contribution >= 0.6 is 0 Å². The molecule has 0 N–H and O–H groups in total. The Bertz CT molecular complexity index is 1050. The molecule has 0 heterocycles. The minimum Gasteiger partial charge on any atom is -0.0610 e. The third-order valence-electron chi connectivity index (χ3n) is 5.23. The lowest BCUT2D eigenvalue weighted by molar-refractivity contribution is 1.46. The molecule has 0 aromatic carbocycles. The quantitative estimate of drug-likeness (QED) is 0.438. The third-order valence-corrected chi connectivity index (χ3v) is 5.23. The van der Waals surface area contributed by atoms with Crippen LogP contribution in [0, 0.1) is 0 Å². The summed E-state index contributed by atoms with van der Waals surface area (Å²) in [5, 5.41) is 0. The molecule has 0 saturated carbocycles. The number of allylic oxidation sites excluding steroid dienone is 24. The zero-order chi connectivity index (χ0) is 18.8. The predicted octanol–water partition coefficient (Wildman–Crippen LogP) is 7.11. The molecular formula is C27H24. The Labute approximate surface area is 162 Å². The second-order valence-corrected chi connectivity index (χ2v) is 7.29. The molecule has 0 nitrogen and oxygen atoms in total. The monoisotopic (exact) mass is 348 g/mol. The van der Waals surface area contributed by atoms with Gasteiger partial charge in [0.1, 0.15) is 0 Å². The fourth-order valence-electron chi connectivity index (χ4n) is 3.73. The van der Waals surface area contributed by atoms with Gasteiger partial charge >= 0.3 is 0 Å². The van der Waals surface area contributed by atoms with Crippen molar-refractivity contribution in [1.82, 2.24) is 0 Å². The Balaban J connectivity index is 0.0000001000. The molecule has 27 heavy (non-hydrogen) atoms. The maximum absolute atomic E-state index is 2.20. The molecule has 6 aliphatic carbocycles. The Morgan fingerprint density at radius 3 is 2.04 bits per heavy atom. The molecule has 0 amide bonds. The molecule has 6 rings (SSSR count). The molecular weight excluding hydrogens is 324 g/mol. The van der Waals surface area contributed by atoms with Crippen LogP contribution in [0.4, 0.5) is 0 Å². The summed E-state index contributed by atoms with van der Waals surface area (Å²) in [5.74, 6) is 0. The average Bonchev–Trinajstić information content (AvgIpc) is 3.42. The summed E-state index contributed by atoms with van der Waals surface area (Å²) in [5.41, 5.74) is 12.4. The summed E-state index contributed by atoms with van der Waals surface area (Å²) in [6.07, 6.45) is 32.2. The average molecular weight is 348 g/mol. The van der Waals surface area contributed by atoms with Crippen LogP contribution in [0.2, 0.25) is 0 Å². The van der Waals surface area contributed by atoms with Gasteiger partial charge in [0.25, 0.3) is 0 Å². The van der Waals surface area contributed by atoms with E-state index in [4.69, 9.17) is 0 Å². The summed E-state index contributed by atoms with van der Waals surface area (Å²) in [6, 6.07) is 0. The standard InChI is InChI=1S/3C9H8/c1-7-5-8-3-2-4-9(8)6-7;2*1-7-5-6-8-3-2-4-9(7)8/h3*2-6H,1H3. The highest BCUT2D eigenvalue weighted by Crippen LogP contribution is 2.30. The third kappa shape index (κ3) is 3.57. The van der Waals surface area contributed by atoms with Gasteiger partial charge in [0.15, 0.2) is 0 Å². The summed E-state index contributed by atoms with van der Waals surface area (Å²) < 4.78 is 0. The van der Waals surface area contributed by atoms with E-state index in [0.29, 0.717) is 0 Å². The highest BCUT2D eigenvalue weighted by Gasteiger charge is 2.11. The van der Waals surface area contributed by atoms with E-state index >= 15 is 0 Å². The Morgan fingerprint density at radius 2 is 1.26 bits per heavy atom. The molecule has 0 fully saturated rings. The first kappa shape index (κ1) is 17.3. The second-order valence-electron chi connectivity index (χ2n) is 7.29. The predicted molar refractivity (Wildman–Crippen MR) is 117 cm³/mol. The zero-order valence-electron chi connectivity index (χ0n) is 16.2. The summed E-state index contributed by atoms with van der Waals surface area (Å²) in [4.78, 5) is 0. The van der Waals surface area contributed by atoms with Crippen LogP contribution in [0.25, 0.3) is 0 Å². The van der Waals surface area contributed by atoms with Crippen LogP contribution in [-0.2, 0) is 0 Å². The first-order chi connectivity index (χ1) is 13.1. The van der Waals surface area contributed by atoms with Gasteiger partial charge in [-0.2, -0.15) is 0 Å². The van der Waals surface area contributed by atoms with Crippen LogP contribution in [0.15, 0.2) is 141 Å². The van der Waals surface area contributed by atoms with E-state index in [0.717, 1.165) is 0 Å². The topological polar surface area (TPSA) is 0 Å². The Hall–Kier alpha value is -3.12. The zero-order valence-corrected chi connectivity index (χ0v) is 16.2. The maximum Gasteiger partial charge on any atom is -0.0155 e. The van der Waals surface area contributed by atoms with Gasteiger partial charge in [-0.15, -0.1) is 0 Å². The van der Waals surface area contributed by atoms with Gasteiger partial charge in [0.05, 0.1) is 0 Å². The van der Waals surface area contributed by atoms with E-state index < -0.39 is 0 Å². The van der Waals surface area contributed by atoms with Crippen LogP contribution in [0.1, 0.15) is 20.8 Å². The van der Waals surface area contributed by atoms with Crippen molar-refractivity contribution >= 4 is 0 Å². The van der Waals surface area contributed by atoms with Gasteiger partial charge in [0, 0.05) is 0 Å². The maximum atomic E-state index is 2.20. The van der Waals surface area contributed by atoms with Gasteiger partial charge in [-0.3, -0.25) is 0 Å². The van der Waals surface area contributed by atoms with E-state index in [9.17, 15) is 0 Å². The van der Waals surface area contributed by atoms with Crippen molar-refractivity contribution in [3.05, 3.63) is 141 Å². The van der Waals surface area contributed by atoms with E-state index in [1.807, 2.05) is 0 Å². The van der Waals surface area contributed by atoms with Crippen LogP contribution in [0.3, 0.4) is 0 Å². The number of rotatable bonds is 0. The fourth-order valence-corrected chi connectivity index (χ4v) is 3.73. The molecule has 0 aliphatic heterocycles. The molecule has 0 aromatic rings. The molecule has 0 bridgehead atoms. The van der Waals surface area contributed by atoms with Gasteiger partial charge in [-0.25, -0.2) is 0 Å². The van der Waals surface area contributed by atoms with E-state index in [1.165, 1.54) is 50.2 Å². The lowest BCUT2D eigenvalue weighted by Crippen LogP contribution is -1.76. The minimum atomic E-state index is 1.36.